The lowest BCUT2D eigenvalue weighted by atomic mass is 10.0. The minimum atomic E-state index is 0.350. The highest BCUT2D eigenvalue weighted by atomic mass is 16.5. The van der Waals surface area contributed by atoms with Crippen molar-refractivity contribution in [3.63, 3.8) is 0 Å². The maximum Gasteiger partial charge on any atom is 0.218 e. The molecule has 0 saturated carbocycles. The van der Waals surface area contributed by atoms with Crippen LogP contribution in [0.3, 0.4) is 0 Å². The van der Waals surface area contributed by atoms with E-state index in [-0.39, 0.29) is 0 Å². The summed E-state index contributed by atoms with van der Waals surface area (Å²) in [5.41, 5.74) is 3.55. The molecule has 1 aliphatic heterocycles. The number of aromatic nitrogens is 1. The fraction of sp³-hybridized carbons (Fsp3) is 0.267. The minimum absolute atomic E-state index is 0.350. The second-order valence-corrected chi connectivity index (χ2v) is 4.60. The van der Waals surface area contributed by atoms with E-state index in [0.717, 1.165) is 18.0 Å². The Hall–Kier alpha value is -1.87. The lowest BCUT2D eigenvalue weighted by molar-refractivity contribution is 0.278. The maximum atomic E-state index is 5.75. The number of rotatable bonds is 1. The van der Waals surface area contributed by atoms with Gasteiger partial charge < -0.3 is 10.1 Å². The molecule has 2 aromatic rings. The molecule has 1 aromatic carbocycles. The summed E-state index contributed by atoms with van der Waals surface area (Å²) < 4.78 is 5.75. The molecule has 3 heteroatoms. The quantitative estimate of drug-likeness (QED) is 0.832. The molecule has 3 nitrogen and oxygen atoms in total. The van der Waals surface area contributed by atoms with Gasteiger partial charge in [-0.1, -0.05) is 30.3 Å². The SMILES string of the molecule is C[C@H]1COc2nccc(-c3ccccc3)c2CN1. The molecule has 3 rings (SSSR count). The van der Waals surface area contributed by atoms with Crippen LogP contribution in [0.1, 0.15) is 12.5 Å². The van der Waals surface area contributed by atoms with Gasteiger partial charge in [0.25, 0.3) is 0 Å². The Morgan fingerprint density at radius 1 is 1.22 bits per heavy atom. The third-order valence-electron chi connectivity index (χ3n) is 3.20. The molecule has 0 aliphatic carbocycles. The summed E-state index contributed by atoms with van der Waals surface area (Å²) in [6.07, 6.45) is 1.82. The van der Waals surface area contributed by atoms with Crippen molar-refractivity contribution in [1.82, 2.24) is 10.3 Å². The van der Waals surface area contributed by atoms with Crippen molar-refractivity contribution in [2.75, 3.05) is 6.61 Å². The molecule has 0 amide bonds. The van der Waals surface area contributed by atoms with Gasteiger partial charge in [0.05, 0.1) is 0 Å². The molecule has 1 atom stereocenters. The fourth-order valence-corrected chi connectivity index (χ4v) is 2.20. The van der Waals surface area contributed by atoms with Crippen molar-refractivity contribution < 1.29 is 4.74 Å². The van der Waals surface area contributed by atoms with E-state index in [4.69, 9.17) is 4.74 Å². The lowest BCUT2D eigenvalue weighted by Crippen LogP contribution is -2.28. The van der Waals surface area contributed by atoms with Gasteiger partial charge in [0.15, 0.2) is 0 Å². The van der Waals surface area contributed by atoms with Crippen LogP contribution in [0.15, 0.2) is 42.6 Å². The van der Waals surface area contributed by atoms with Crippen molar-refractivity contribution in [3.05, 3.63) is 48.2 Å². The van der Waals surface area contributed by atoms with Gasteiger partial charge in [0.2, 0.25) is 5.88 Å². The first-order valence-electron chi connectivity index (χ1n) is 6.24. The molecule has 0 spiro atoms. The van der Waals surface area contributed by atoms with Crippen molar-refractivity contribution in [1.29, 1.82) is 0 Å². The van der Waals surface area contributed by atoms with Gasteiger partial charge >= 0.3 is 0 Å². The van der Waals surface area contributed by atoms with Gasteiger partial charge in [0.1, 0.15) is 6.61 Å². The average molecular weight is 240 g/mol. The van der Waals surface area contributed by atoms with Crippen LogP contribution in [-0.4, -0.2) is 17.6 Å². The summed E-state index contributed by atoms with van der Waals surface area (Å²) in [4.78, 5) is 4.34. The fourth-order valence-electron chi connectivity index (χ4n) is 2.20. The van der Waals surface area contributed by atoms with Crippen molar-refractivity contribution in [2.24, 2.45) is 0 Å². The molecule has 0 bridgehead atoms. The molecular formula is C15H16N2O. The molecule has 0 unspecified atom stereocenters. The first-order valence-corrected chi connectivity index (χ1v) is 6.24. The Labute approximate surface area is 107 Å². The lowest BCUT2D eigenvalue weighted by Gasteiger charge is -2.10. The molecule has 1 N–H and O–H groups in total. The summed E-state index contributed by atoms with van der Waals surface area (Å²) in [6.45, 7) is 3.58. The number of hydrogen-bond acceptors (Lipinski definition) is 3. The molecule has 18 heavy (non-hydrogen) atoms. The predicted molar refractivity (Wildman–Crippen MR) is 71.5 cm³/mol. The Balaban J connectivity index is 2.07. The average Bonchev–Trinajstić information content (AvgIpc) is 2.62. The molecule has 0 radical (unpaired) electrons. The van der Waals surface area contributed by atoms with E-state index in [1.165, 1.54) is 11.1 Å². The number of nitrogens with zero attached hydrogens (tertiary/aromatic N) is 1. The molecule has 2 heterocycles. The maximum absolute atomic E-state index is 5.75. The van der Waals surface area contributed by atoms with E-state index < -0.39 is 0 Å². The van der Waals surface area contributed by atoms with Crippen molar-refractivity contribution in [2.45, 2.75) is 19.5 Å². The largest absolute Gasteiger partial charge is 0.476 e. The summed E-state index contributed by atoms with van der Waals surface area (Å²) in [5.74, 6) is 0.758. The highest BCUT2D eigenvalue weighted by molar-refractivity contribution is 5.68. The molecule has 0 saturated heterocycles. The van der Waals surface area contributed by atoms with Crippen LogP contribution in [0.25, 0.3) is 11.1 Å². The standard InChI is InChI=1S/C15H16N2O/c1-11-10-18-15-14(9-17-11)13(7-8-16-15)12-5-3-2-4-6-12/h2-8,11,17H,9-10H2,1H3/t11-/m0/s1. The monoisotopic (exact) mass is 240 g/mol. The van der Waals surface area contributed by atoms with E-state index in [0.29, 0.717) is 12.6 Å². The zero-order chi connectivity index (χ0) is 12.4. The summed E-state index contributed by atoms with van der Waals surface area (Å²) >= 11 is 0. The van der Waals surface area contributed by atoms with Gasteiger partial charge in [0, 0.05) is 24.3 Å². The Morgan fingerprint density at radius 2 is 2.06 bits per heavy atom. The molecule has 0 fully saturated rings. The molecule has 92 valence electrons. The van der Waals surface area contributed by atoms with Gasteiger partial charge in [-0.15, -0.1) is 0 Å². The van der Waals surface area contributed by atoms with Crippen LogP contribution in [0.5, 0.6) is 5.88 Å². The van der Waals surface area contributed by atoms with Crippen LogP contribution in [0.4, 0.5) is 0 Å². The number of hydrogen-bond donors (Lipinski definition) is 1. The van der Waals surface area contributed by atoms with Crippen LogP contribution in [-0.2, 0) is 6.54 Å². The first-order chi connectivity index (χ1) is 8.84. The van der Waals surface area contributed by atoms with Crippen molar-refractivity contribution in [3.8, 4) is 17.0 Å². The van der Waals surface area contributed by atoms with E-state index in [1.54, 1.807) is 0 Å². The van der Waals surface area contributed by atoms with E-state index in [2.05, 4.69) is 47.6 Å². The van der Waals surface area contributed by atoms with Crippen LogP contribution >= 0.6 is 0 Å². The number of nitrogens with one attached hydrogen (secondary N) is 1. The molecule has 1 aliphatic rings. The number of ether oxygens (including phenoxy) is 1. The van der Waals surface area contributed by atoms with Crippen molar-refractivity contribution >= 4 is 0 Å². The van der Waals surface area contributed by atoms with Gasteiger partial charge in [-0.05, 0) is 24.1 Å². The Morgan fingerprint density at radius 3 is 2.89 bits per heavy atom. The zero-order valence-corrected chi connectivity index (χ0v) is 10.4. The molecular weight excluding hydrogens is 224 g/mol. The third-order valence-corrected chi connectivity index (χ3v) is 3.20. The topological polar surface area (TPSA) is 34.1 Å². The zero-order valence-electron chi connectivity index (χ0n) is 10.4. The Kier molecular flexibility index (Phi) is 2.99. The van der Waals surface area contributed by atoms with Crippen LogP contribution in [0.2, 0.25) is 0 Å². The minimum Gasteiger partial charge on any atom is -0.476 e. The summed E-state index contributed by atoms with van der Waals surface area (Å²) in [7, 11) is 0. The summed E-state index contributed by atoms with van der Waals surface area (Å²) in [6, 6.07) is 12.8. The van der Waals surface area contributed by atoms with E-state index in [9.17, 15) is 0 Å². The number of pyridine rings is 1. The second-order valence-electron chi connectivity index (χ2n) is 4.60. The van der Waals surface area contributed by atoms with Crippen LogP contribution in [0, 0.1) is 0 Å². The summed E-state index contributed by atoms with van der Waals surface area (Å²) in [5, 5.41) is 3.45. The third kappa shape index (κ3) is 2.09. The van der Waals surface area contributed by atoms with Crippen LogP contribution < -0.4 is 10.1 Å². The Bertz CT molecular complexity index is 539. The van der Waals surface area contributed by atoms with Gasteiger partial charge in [-0.2, -0.15) is 0 Å². The second kappa shape index (κ2) is 4.78. The van der Waals surface area contributed by atoms with Gasteiger partial charge in [-0.3, -0.25) is 0 Å². The van der Waals surface area contributed by atoms with E-state index >= 15 is 0 Å². The predicted octanol–water partition coefficient (Wildman–Crippen LogP) is 2.62. The first kappa shape index (κ1) is 11.2. The van der Waals surface area contributed by atoms with E-state index in [1.807, 2.05) is 12.3 Å². The highest BCUT2D eigenvalue weighted by Gasteiger charge is 2.17. The highest BCUT2D eigenvalue weighted by Crippen LogP contribution is 2.30. The van der Waals surface area contributed by atoms with Gasteiger partial charge in [-0.25, -0.2) is 4.98 Å². The number of fused-ring (bicyclic) bond motifs is 1. The normalized spacial score (nSPS) is 18.6. The smallest absolute Gasteiger partial charge is 0.218 e. The number of benzene rings is 1. The molecule has 1 aromatic heterocycles.